The van der Waals surface area contributed by atoms with Crippen molar-refractivity contribution in [1.29, 1.82) is 0 Å². The van der Waals surface area contributed by atoms with Crippen LogP contribution >= 0.6 is 0 Å². The highest BCUT2D eigenvalue weighted by molar-refractivity contribution is 5.99. The largest absolute Gasteiger partial charge is 0.398 e. The minimum atomic E-state index is -0.0544. The van der Waals surface area contributed by atoms with E-state index < -0.39 is 0 Å². The summed E-state index contributed by atoms with van der Waals surface area (Å²) in [6.07, 6.45) is 0. The SMILES string of the molecule is Cc1cccc(C(=O)N(C)C)c1N. The van der Waals surface area contributed by atoms with Gasteiger partial charge in [-0.05, 0) is 18.6 Å². The van der Waals surface area contributed by atoms with Gasteiger partial charge in [-0.1, -0.05) is 12.1 Å². The second-order valence-electron chi connectivity index (χ2n) is 3.24. The molecule has 1 amide bonds. The summed E-state index contributed by atoms with van der Waals surface area (Å²) in [6.45, 7) is 1.89. The molecule has 0 fully saturated rings. The molecule has 0 saturated heterocycles. The molecule has 0 bridgehead atoms. The Morgan fingerprint density at radius 2 is 2.00 bits per heavy atom. The molecule has 70 valence electrons. The van der Waals surface area contributed by atoms with E-state index in [2.05, 4.69) is 0 Å². The highest BCUT2D eigenvalue weighted by atomic mass is 16.2. The molecule has 3 heteroatoms. The molecule has 1 aromatic rings. The third-order valence-electron chi connectivity index (χ3n) is 1.96. The first-order valence-electron chi connectivity index (χ1n) is 4.10. The number of hydrogen-bond donors (Lipinski definition) is 1. The van der Waals surface area contributed by atoms with Gasteiger partial charge in [-0.25, -0.2) is 0 Å². The van der Waals surface area contributed by atoms with E-state index in [0.717, 1.165) is 5.56 Å². The lowest BCUT2D eigenvalue weighted by atomic mass is 10.1. The van der Waals surface area contributed by atoms with Gasteiger partial charge in [0.1, 0.15) is 0 Å². The molecule has 3 nitrogen and oxygen atoms in total. The zero-order valence-corrected chi connectivity index (χ0v) is 8.16. The van der Waals surface area contributed by atoms with Gasteiger partial charge in [-0.2, -0.15) is 0 Å². The van der Waals surface area contributed by atoms with E-state index in [4.69, 9.17) is 5.73 Å². The van der Waals surface area contributed by atoms with E-state index in [0.29, 0.717) is 11.3 Å². The van der Waals surface area contributed by atoms with Crippen LogP contribution in [0.4, 0.5) is 5.69 Å². The second-order valence-corrected chi connectivity index (χ2v) is 3.24. The lowest BCUT2D eigenvalue weighted by Gasteiger charge is -2.12. The molecule has 1 aromatic carbocycles. The van der Waals surface area contributed by atoms with Gasteiger partial charge in [0.2, 0.25) is 0 Å². The summed E-state index contributed by atoms with van der Waals surface area (Å²) in [7, 11) is 3.42. The molecule has 0 aliphatic carbocycles. The van der Waals surface area contributed by atoms with Crippen molar-refractivity contribution in [3.63, 3.8) is 0 Å². The van der Waals surface area contributed by atoms with Gasteiger partial charge >= 0.3 is 0 Å². The van der Waals surface area contributed by atoms with Crippen LogP contribution in [0.25, 0.3) is 0 Å². The van der Waals surface area contributed by atoms with Gasteiger partial charge in [0.05, 0.1) is 5.56 Å². The Hall–Kier alpha value is -1.51. The first-order chi connectivity index (χ1) is 6.04. The lowest BCUT2D eigenvalue weighted by Crippen LogP contribution is -2.22. The zero-order chi connectivity index (χ0) is 10.0. The van der Waals surface area contributed by atoms with Crippen LogP contribution in [0.3, 0.4) is 0 Å². The van der Waals surface area contributed by atoms with Crippen LogP contribution in [0.15, 0.2) is 18.2 Å². The third kappa shape index (κ3) is 1.80. The average molecular weight is 178 g/mol. The van der Waals surface area contributed by atoms with Gasteiger partial charge in [0.15, 0.2) is 0 Å². The predicted octanol–water partition coefficient (Wildman–Crippen LogP) is 1.28. The highest BCUT2D eigenvalue weighted by Crippen LogP contribution is 2.17. The summed E-state index contributed by atoms with van der Waals surface area (Å²) in [5.41, 5.74) is 7.86. The number of rotatable bonds is 1. The van der Waals surface area contributed by atoms with E-state index in [-0.39, 0.29) is 5.91 Å². The van der Waals surface area contributed by atoms with E-state index in [9.17, 15) is 4.79 Å². The standard InChI is InChI=1S/C10H14N2O/c1-7-5-4-6-8(9(7)11)10(13)12(2)3/h4-6H,11H2,1-3H3. The molecule has 0 saturated carbocycles. The molecule has 0 radical (unpaired) electrons. The van der Waals surface area contributed by atoms with Gasteiger partial charge in [-0.15, -0.1) is 0 Å². The highest BCUT2D eigenvalue weighted by Gasteiger charge is 2.11. The number of amides is 1. The molecule has 1 rings (SSSR count). The maximum atomic E-state index is 11.6. The maximum Gasteiger partial charge on any atom is 0.255 e. The number of benzene rings is 1. The Morgan fingerprint density at radius 1 is 1.38 bits per heavy atom. The Balaban J connectivity index is 3.15. The maximum absolute atomic E-state index is 11.6. The van der Waals surface area contributed by atoms with Crippen molar-refractivity contribution in [2.24, 2.45) is 0 Å². The monoisotopic (exact) mass is 178 g/mol. The van der Waals surface area contributed by atoms with Crippen LogP contribution < -0.4 is 5.73 Å². The number of anilines is 1. The molecular formula is C10H14N2O. The Bertz CT molecular complexity index is 332. The molecule has 0 unspecified atom stereocenters. The fourth-order valence-corrected chi connectivity index (χ4v) is 1.11. The Morgan fingerprint density at radius 3 is 2.54 bits per heavy atom. The Labute approximate surface area is 78.2 Å². The van der Waals surface area contributed by atoms with E-state index in [1.54, 1.807) is 20.2 Å². The van der Waals surface area contributed by atoms with Crippen LogP contribution in [0.2, 0.25) is 0 Å². The number of nitrogen functional groups attached to an aromatic ring is 1. The number of para-hydroxylation sites is 1. The van der Waals surface area contributed by atoms with Crippen molar-refractivity contribution in [2.45, 2.75) is 6.92 Å². The quantitative estimate of drug-likeness (QED) is 0.658. The summed E-state index contributed by atoms with van der Waals surface area (Å²) in [5, 5.41) is 0. The summed E-state index contributed by atoms with van der Waals surface area (Å²) in [4.78, 5) is 13.1. The molecule has 0 atom stereocenters. The van der Waals surface area contributed by atoms with Crippen LogP contribution in [-0.4, -0.2) is 24.9 Å². The van der Waals surface area contributed by atoms with Crippen molar-refractivity contribution >= 4 is 11.6 Å². The normalized spacial score (nSPS) is 9.77. The molecule has 0 aliphatic heterocycles. The second kappa shape index (κ2) is 3.47. The first kappa shape index (κ1) is 9.58. The summed E-state index contributed by atoms with van der Waals surface area (Å²) >= 11 is 0. The van der Waals surface area contributed by atoms with Gasteiger partial charge in [-0.3, -0.25) is 4.79 Å². The molecule has 0 aliphatic rings. The number of nitrogens with two attached hydrogens (primary N) is 1. The van der Waals surface area contributed by atoms with Gasteiger partial charge < -0.3 is 10.6 Å². The Kier molecular flexibility index (Phi) is 2.56. The van der Waals surface area contributed by atoms with Crippen molar-refractivity contribution in [1.82, 2.24) is 4.90 Å². The predicted molar refractivity (Wildman–Crippen MR) is 53.6 cm³/mol. The number of nitrogens with zero attached hydrogens (tertiary/aromatic N) is 1. The zero-order valence-electron chi connectivity index (χ0n) is 8.16. The van der Waals surface area contributed by atoms with Crippen LogP contribution in [0.1, 0.15) is 15.9 Å². The van der Waals surface area contributed by atoms with Crippen molar-refractivity contribution in [2.75, 3.05) is 19.8 Å². The van der Waals surface area contributed by atoms with Gasteiger partial charge in [0, 0.05) is 19.8 Å². The van der Waals surface area contributed by atoms with E-state index in [1.807, 2.05) is 19.1 Å². The number of aryl methyl sites for hydroxylation is 1. The number of carbonyl (C=O) groups excluding carboxylic acids is 1. The molecule has 0 aromatic heterocycles. The lowest BCUT2D eigenvalue weighted by molar-refractivity contribution is 0.0828. The van der Waals surface area contributed by atoms with Crippen LogP contribution in [0.5, 0.6) is 0 Å². The molecule has 13 heavy (non-hydrogen) atoms. The summed E-state index contributed by atoms with van der Waals surface area (Å²) in [6, 6.07) is 5.47. The van der Waals surface area contributed by atoms with Crippen LogP contribution in [-0.2, 0) is 0 Å². The van der Waals surface area contributed by atoms with Crippen molar-refractivity contribution in [3.05, 3.63) is 29.3 Å². The minimum absolute atomic E-state index is 0.0544. The molecule has 0 heterocycles. The van der Waals surface area contributed by atoms with Gasteiger partial charge in [0.25, 0.3) is 5.91 Å². The fourth-order valence-electron chi connectivity index (χ4n) is 1.11. The topological polar surface area (TPSA) is 46.3 Å². The van der Waals surface area contributed by atoms with Crippen LogP contribution in [0, 0.1) is 6.92 Å². The third-order valence-corrected chi connectivity index (χ3v) is 1.96. The van der Waals surface area contributed by atoms with Crippen molar-refractivity contribution in [3.8, 4) is 0 Å². The number of carbonyl (C=O) groups is 1. The summed E-state index contributed by atoms with van der Waals surface area (Å²) < 4.78 is 0. The first-order valence-corrected chi connectivity index (χ1v) is 4.10. The molecule has 0 spiro atoms. The smallest absolute Gasteiger partial charge is 0.255 e. The van der Waals surface area contributed by atoms with Crippen molar-refractivity contribution < 1.29 is 4.79 Å². The van der Waals surface area contributed by atoms with E-state index >= 15 is 0 Å². The molecular weight excluding hydrogens is 164 g/mol. The summed E-state index contributed by atoms with van der Waals surface area (Å²) in [5.74, 6) is -0.0544. The number of hydrogen-bond acceptors (Lipinski definition) is 2. The fraction of sp³-hybridized carbons (Fsp3) is 0.300. The minimum Gasteiger partial charge on any atom is -0.398 e. The molecule has 2 N–H and O–H groups in total. The average Bonchev–Trinajstić information content (AvgIpc) is 2.08. The van der Waals surface area contributed by atoms with E-state index in [1.165, 1.54) is 4.90 Å².